The topological polar surface area (TPSA) is 53.7 Å². The van der Waals surface area contributed by atoms with Crippen LogP contribution in [0, 0.1) is 6.92 Å². The summed E-state index contributed by atoms with van der Waals surface area (Å²) in [5.41, 5.74) is -0.232. The average molecular weight is 279 g/mol. The number of rotatable bonds is 5. The predicted molar refractivity (Wildman–Crippen MR) is 77.7 cm³/mol. The molecule has 1 aromatic rings. The minimum Gasteiger partial charge on any atom is -0.481 e. The molecule has 4 heteroatoms. The Morgan fingerprint density at radius 3 is 2.55 bits per heavy atom. The molecule has 1 aromatic heterocycles. The predicted octanol–water partition coefficient (Wildman–Crippen LogP) is 3.76. The second kappa shape index (κ2) is 6.00. The number of furan rings is 1. The van der Waals surface area contributed by atoms with Gasteiger partial charge in [0.15, 0.2) is 0 Å². The van der Waals surface area contributed by atoms with Crippen LogP contribution < -0.4 is 0 Å². The lowest BCUT2D eigenvalue weighted by molar-refractivity contribution is -0.141. The summed E-state index contributed by atoms with van der Waals surface area (Å²) < 4.78 is 5.72. The molecule has 0 aliphatic heterocycles. The van der Waals surface area contributed by atoms with Crippen LogP contribution in [0.2, 0.25) is 0 Å². The summed E-state index contributed by atoms with van der Waals surface area (Å²) >= 11 is 0. The van der Waals surface area contributed by atoms with E-state index in [1.165, 1.54) is 6.42 Å². The molecule has 0 amide bonds. The molecule has 1 unspecified atom stereocenters. The summed E-state index contributed by atoms with van der Waals surface area (Å²) in [6.45, 7) is 4.03. The Labute approximate surface area is 120 Å². The summed E-state index contributed by atoms with van der Waals surface area (Å²) in [5.74, 6) is 1.11. The minimum atomic E-state index is -0.707. The Bertz CT molecular complexity index is 460. The van der Waals surface area contributed by atoms with Crippen molar-refractivity contribution >= 4 is 5.97 Å². The van der Waals surface area contributed by atoms with E-state index in [0.29, 0.717) is 0 Å². The second-order valence-electron chi connectivity index (χ2n) is 6.09. The van der Waals surface area contributed by atoms with E-state index in [1.807, 2.05) is 26.1 Å². The summed E-state index contributed by atoms with van der Waals surface area (Å²) in [6, 6.07) is 4.05. The fraction of sp³-hybridized carbons (Fsp3) is 0.688. The third-order valence-electron chi connectivity index (χ3n) is 4.77. The fourth-order valence-corrected chi connectivity index (χ4v) is 3.43. The van der Waals surface area contributed by atoms with E-state index in [0.717, 1.165) is 37.2 Å². The standard InChI is InChI=1S/C16H25NO3/c1-12-7-8-14(20-12)13(2)17(3)16(11-15(18)19)9-5-4-6-10-16/h7-8,13H,4-6,9-11H2,1-3H3,(H,18,19). The van der Waals surface area contributed by atoms with Gasteiger partial charge < -0.3 is 9.52 Å². The van der Waals surface area contributed by atoms with Crippen molar-refractivity contribution in [2.45, 2.75) is 64.0 Å². The Balaban J connectivity index is 2.21. The molecule has 1 atom stereocenters. The van der Waals surface area contributed by atoms with Gasteiger partial charge in [-0.2, -0.15) is 0 Å². The van der Waals surface area contributed by atoms with Gasteiger partial charge in [-0.3, -0.25) is 9.69 Å². The monoisotopic (exact) mass is 279 g/mol. The van der Waals surface area contributed by atoms with Crippen molar-refractivity contribution in [1.29, 1.82) is 0 Å². The van der Waals surface area contributed by atoms with Gasteiger partial charge in [-0.25, -0.2) is 0 Å². The first-order valence-corrected chi connectivity index (χ1v) is 7.46. The zero-order chi connectivity index (χ0) is 14.8. The number of hydrogen-bond acceptors (Lipinski definition) is 3. The van der Waals surface area contributed by atoms with Crippen molar-refractivity contribution in [2.24, 2.45) is 0 Å². The van der Waals surface area contributed by atoms with E-state index in [9.17, 15) is 9.90 Å². The van der Waals surface area contributed by atoms with Crippen LogP contribution in [0.25, 0.3) is 0 Å². The van der Waals surface area contributed by atoms with Crippen LogP contribution >= 0.6 is 0 Å². The van der Waals surface area contributed by atoms with E-state index < -0.39 is 5.97 Å². The maximum absolute atomic E-state index is 11.3. The minimum absolute atomic E-state index is 0.0983. The average Bonchev–Trinajstić information content (AvgIpc) is 2.84. The highest BCUT2D eigenvalue weighted by atomic mass is 16.4. The highest BCUT2D eigenvalue weighted by Crippen LogP contribution is 2.40. The normalized spacial score (nSPS) is 20.0. The second-order valence-corrected chi connectivity index (χ2v) is 6.09. The molecular formula is C16H25NO3. The van der Waals surface area contributed by atoms with Crippen molar-refractivity contribution in [3.8, 4) is 0 Å². The van der Waals surface area contributed by atoms with Crippen molar-refractivity contribution in [3.05, 3.63) is 23.7 Å². The third kappa shape index (κ3) is 3.06. The molecule has 0 bridgehead atoms. The van der Waals surface area contributed by atoms with Crippen LogP contribution in [0.3, 0.4) is 0 Å². The molecule has 1 fully saturated rings. The quantitative estimate of drug-likeness (QED) is 0.891. The first kappa shape index (κ1) is 15.1. The molecule has 0 spiro atoms. The molecule has 4 nitrogen and oxygen atoms in total. The smallest absolute Gasteiger partial charge is 0.305 e. The summed E-state index contributed by atoms with van der Waals surface area (Å²) in [7, 11) is 2.04. The number of aryl methyl sites for hydroxylation is 1. The molecule has 1 N–H and O–H groups in total. The Morgan fingerprint density at radius 2 is 2.05 bits per heavy atom. The molecule has 112 valence electrons. The molecule has 0 aromatic carbocycles. The van der Waals surface area contributed by atoms with Gasteiger partial charge in [0.25, 0.3) is 0 Å². The molecule has 20 heavy (non-hydrogen) atoms. The van der Waals surface area contributed by atoms with Crippen LogP contribution in [-0.2, 0) is 4.79 Å². The Hall–Kier alpha value is -1.29. The first-order valence-electron chi connectivity index (χ1n) is 7.46. The number of aliphatic carboxylic acids is 1. The van der Waals surface area contributed by atoms with Crippen molar-refractivity contribution < 1.29 is 14.3 Å². The maximum Gasteiger partial charge on any atom is 0.305 e. The first-order chi connectivity index (χ1) is 9.44. The Kier molecular flexibility index (Phi) is 4.53. The summed E-state index contributed by atoms with van der Waals surface area (Å²) in [5, 5.41) is 9.29. The van der Waals surface area contributed by atoms with Gasteiger partial charge in [0.2, 0.25) is 0 Å². The molecule has 0 saturated heterocycles. The number of carboxylic acids is 1. The molecule has 1 saturated carbocycles. The fourth-order valence-electron chi connectivity index (χ4n) is 3.43. The third-order valence-corrected chi connectivity index (χ3v) is 4.77. The lowest BCUT2D eigenvalue weighted by atomic mass is 9.77. The Morgan fingerprint density at radius 1 is 1.40 bits per heavy atom. The van der Waals surface area contributed by atoms with Gasteiger partial charge in [-0.15, -0.1) is 0 Å². The highest BCUT2D eigenvalue weighted by Gasteiger charge is 2.40. The van der Waals surface area contributed by atoms with Gasteiger partial charge in [0, 0.05) is 5.54 Å². The summed E-state index contributed by atoms with van der Waals surface area (Å²) in [6.07, 6.45) is 5.57. The van der Waals surface area contributed by atoms with Gasteiger partial charge >= 0.3 is 5.97 Å². The van der Waals surface area contributed by atoms with Crippen LogP contribution in [0.5, 0.6) is 0 Å². The summed E-state index contributed by atoms with van der Waals surface area (Å²) in [4.78, 5) is 13.5. The molecular weight excluding hydrogens is 254 g/mol. The lowest BCUT2D eigenvalue weighted by Crippen LogP contribution is -2.50. The number of nitrogens with zero attached hydrogens (tertiary/aromatic N) is 1. The zero-order valence-corrected chi connectivity index (χ0v) is 12.7. The highest BCUT2D eigenvalue weighted by molar-refractivity contribution is 5.68. The van der Waals surface area contributed by atoms with E-state index >= 15 is 0 Å². The SMILES string of the molecule is Cc1ccc(C(C)N(C)C2(CC(=O)O)CCCCC2)o1. The van der Waals surface area contributed by atoms with E-state index in [2.05, 4.69) is 11.8 Å². The zero-order valence-electron chi connectivity index (χ0n) is 12.7. The largest absolute Gasteiger partial charge is 0.481 e. The van der Waals surface area contributed by atoms with E-state index in [1.54, 1.807) is 0 Å². The van der Waals surface area contributed by atoms with E-state index in [4.69, 9.17) is 4.42 Å². The number of hydrogen-bond donors (Lipinski definition) is 1. The van der Waals surface area contributed by atoms with Crippen LogP contribution in [0.4, 0.5) is 0 Å². The van der Waals surface area contributed by atoms with Crippen LogP contribution in [0.15, 0.2) is 16.5 Å². The van der Waals surface area contributed by atoms with Gasteiger partial charge in [-0.1, -0.05) is 19.3 Å². The maximum atomic E-state index is 11.3. The molecule has 1 aliphatic carbocycles. The van der Waals surface area contributed by atoms with Crippen molar-refractivity contribution in [1.82, 2.24) is 4.90 Å². The van der Waals surface area contributed by atoms with Gasteiger partial charge in [0.05, 0.1) is 12.5 Å². The lowest BCUT2D eigenvalue weighted by Gasteiger charge is -2.46. The van der Waals surface area contributed by atoms with Crippen molar-refractivity contribution in [3.63, 3.8) is 0 Å². The number of carbonyl (C=O) groups is 1. The van der Waals surface area contributed by atoms with Gasteiger partial charge in [0.1, 0.15) is 11.5 Å². The van der Waals surface area contributed by atoms with Crippen LogP contribution in [-0.4, -0.2) is 28.6 Å². The molecule has 1 heterocycles. The van der Waals surface area contributed by atoms with Crippen LogP contribution in [0.1, 0.15) is 63.0 Å². The molecule has 1 aliphatic rings. The van der Waals surface area contributed by atoms with Crippen molar-refractivity contribution in [2.75, 3.05) is 7.05 Å². The van der Waals surface area contributed by atoms with E-state index in [-0.39, 0.29) is 18.0 Å². The molecule has 2 rings (SSSR count). The van der Waals surface area contributed by atoms with Gasteiger partial charge in [-0.05, 0) is 45.9 Å². The number of carboxylic acid groups (broad SMARTS) is 1. The molecule has 0 radical (unpaired) electrons.